The minimum absolute atomic E-state index is 0.0121. The molecule has 1 aliphatic carbocycles. The van der Waals surface area contributed by atoms with E-state index in [1.807, 2.05) is 0 Å². The summed E-state index contributed by atoms with van der Waals surface area (Å²) in [4.78, 5) is 25.6. The molecule has 1 atom stereocenters. The Bertz CT molecular complexity index is 849. The van der Waals surface area contributed by atoms with E-state index in [4.69, 9.17) is 9.47 Å². The maximum Gasteiger partial charge on any atom is 0.335 e. The monoisotopic (exact) mass is 442 g/mol. The van der Waals surface area contributed by atoms with Gasteiger partial charge in [0.15, 0.2) is 0 Å². The van der Waals surface area contributed by atoms with Crippen LogP contribution in [0.2, 0.25) is 0 Å². The van der Waals surface area contributed by atoms with Crippen molar-refractivity contribution >= 4 is 28.5 Å². The second-order valence-electron chi connectivity index (χ2n) is 8.57. The molecule has 0 bridgehead atoms. The highest BCUT2D eigenvalue weighted by Gasteiger charge is 2.31. The van der Waals surface area contributed by atoms with Crippen molar-refractivity contribution in [3.8, 4) is 5.75 Å². The summed E-state index contributed by atoms with van der Waals surface area (Å²) in [6.45, 7) is 5.38. The van der Waals surface area contributed by atoms with Crippen LogP contribution in [0.25, 0.3) is 0 Å². The van der Waals surface area contributed by atoms with E-state index < -0.39 is 34.5 Å². The van der Waals surface area contributed by atoms with E-state index >= 15 is 0 Å². The highest BCUT2D eigenvalue weighted by atomic mass is 32.2. The summed E-state index contributed by atoms with van der Waals surface area (Å²) < 4.78 is 36.4. The first-order chi connectivity index (χ1) is 13.9. The van der Waals surface area contributed by atoms with Crippen molar-refractivity contribution in [3.05, 3.63) is 23.8 Å². The smallest absolute Gasteiger partial charge is 0.335 e. The predicted octanol–water partition coefficient (Wildman–Crippen LogP) is 1.78. The molecule has 1 aliphatic rings. The highest BCUT2D eigenvalue weighted by molar-refractivity contribution is 7.74. The Balaban J connectivity index is 2.37. The molecule has 10 heteroatoms. The molecule has 1 aromatic carbocycles. The molecule has 0 radical (unpaired) electrons. The molecule has 30 heavy (non-hydrogen) atoms. The van der Waals surface area contributed by atoms with Crippen LogP contribution in [0.3, 0.4) is 0 Å². The Labute approximate surface area is 178 Å². The number of rotatable bonds is 10. The quantitative estimate of drug-likeness (QED) is 0.416. The zero-order valence-corrected chi connectivity index (χ0v) is 18.8. The van der Waals surface area contributed by atoms with Crippen LogP contribution >= 0.6 is 0 Å². The van der Waals surface area contributed by atoms with Crippen LogP contribution in [-0.2, 0) is 20.4 Å². The molecule has 168 valence electrons. The van der Waals surface area contributed by atoms with Crippen LogP contribution in [0.5, 0.6) is 5.75 Å². The molecule has 0 heterocycles. The average Bonchev–Trinajstić information content (AvgIpc) is 3.42. The van der Waals surface area contributed by atoms with E-state index in [0.29, 0.717) is 12.5 Å². The Morgan fingerprint density at radius 3 is 2.33 bits per heavy atom. The molecule has 0 aromatic heterocycles. The van der Waals surface area contributed by atoms with Gasteiger partial charge in [-0.1, -0.05) is 0 Å². The van der Waals surface area contributed by atoms with Gasteiger partial charge in [-0.15, -0.1) is 0 Å². The van der Waals surface area contributed by atoms with Gasteiger partial charge in [0.2, 0.25) is 10.9 Å². The van der Waals surface area contributed by atoms with Gasteiger partial charge >= 0.3 is 11.9 Å². The lowest BCUT2D eigenvalue weighted by Gasteiger charge is -2.31. The molecule has 2 rings (SSSR count). The topological polar surface area (TPSA) is 113 Å². The number of carboxylic acids is 1. The van der Waals surface area contributed by atoms with Gasteiger partial charge in [0.05, 0.1) is 24.4 Å². The molecular weight excluding hydrogens is 412 g/mol. The maximum absolute atomic E-state index is 12.6. The lowest BCUT2D eigenvalue weighted by atomic mass is 10.1. The fourth-order valence-corrected chi connectivity index (χ4v) is 3.33. The number of likely N-dealkylation sites (N-methyl/N-ethyl adjacent to an activating group) is 1. The van der Waals surface area contributed by atoms with E-state index in [9.17, 15) is 23.1 Å². The number of hydrogen-bond donors (Lipinski definition) is 2. The van der Waals surface area contributed by atoms with Crippen LogP contribution in [-0.4, -0.2) is 69.3 Å². The number of nitrogens with zero attached hydrogens (tertiary/aromatic N) is 2. The Morgan fingerprint density at radius 1 is 1.23 bits per heavy atom. The lowest BCUT2D eigenvalue weighted by molar-refractivity contribution is -0.160. The van der Waals surface area contributed by atoms with Crippen molar-refractivity contribution in [2.24, 2.45) is 5.92 Å². The highest BCUT2D eigenvalue weighted by Crippen LogP contribution is 2.34. The molecule has 1 fully saturated rings. The number of aromatic carboxylic acids is 1. The first-order valence-corrected chi connectivity index (χ1v) is 10.8. The van der Waals surface area contributed by atoms with Crippen molar-refractivity contribution < 1.29 is 32.6 Å². The number of carboxylic acid groups (broad SMARTS) is 1. The van der Waals surface area contributed by atoms with Crippen LogP contribution in [0.1, 0.15) is 44.0 Å². The Morgan fingerprint density at radius 2 is 1.87 bits per heavy atom. The standard InChI is InChI=1S/C20H30N2O7S/c1-20(2,3)29-19(25)16(21(4)5)11-22(30(26)27)15-9-8-14(18(23)24)10-17(15)28-12-13-6-7-13/h8-10,13,16,30H,6-7,11-12H2,1-5H3,(H,23,24). The van der Waals surface area contributed by atoms with Crippen molar-refractivity contribution in [1.82, 2.24) is 4.90 Å². The van der Waals surface area contributed by atoms with E-state index in [2.05, 4.69) is 0 Å². The molecule has 1 saturated carbocycles. The fraction of sp³-hybridized carbons (Fsp3) is 0.600. The van der Waals surface area contributed by atoms with Gasteiger partial charge < -0.3 is 14.6 Å². The first kappa shape index (κ1) is 23.9. The van der Waals surface area contributed by atoms with Gasteiger partial charge in [-0.05, 0) is 71.8 Å². The van der Waals surface area contributed by atoms with Crippen LogP contribution in [0, 0.1) is 5.92 Å². The SMILES string of the molecule is CN(C)C(CN(c1ccc(C(=O)O)cc1OCC1CC1)[SH](=O)=O)C(=O)OC(C)(C)C. The lowest BCUT2D eigenvalue weighted by Crippen LogP contribution is -2.47. The zero-order valence-electron chi connectivity index (χ0n) is 18.0. The number of hydrogen-bond acceptors (Lipinski definition) is 7. The van der Waals surface area contributed by atoms with Crippen molar-refractivity contribution in [2.45, 2.75) is 45.3 Å². The summed E-state index contributed by atoms with van der Waals surface area (Å²) in [5.41, 5.74) is -0.550. The van der Waals surface area contributed by atoms with Crippen LogP contribution in [0.15, 0.2) is 18.2 Å². The molecule has 1 aromatic rings. The van der Waals surface area contributed by atoms with Gasteiger partial charge in [-0.2, -0.15) is 0 Å². The maximum atomic E-state index is 12.6. The third-order valence-corrected chi connectivity index (χ3v) is 5.27. The molecule has 0 saturated heterocycles. The Hall–Kier alpha value is -2.33. The molecule has 0 spiro atoms. The van der Waals surface area contributed by atoms with Crippen LogP contribution in [0.4, 0.5) is 5.69 Å². The van der Waals surface area contributed by atoms with Crippen molar-refractivity contribution in [1.29, 1.82) is 0 Å². The molecule has 0 amide bonds. The molecule has 1 N–H and O–H groups in total. The van der Waals surface area contributed by atoms with Gasteiger partial charge in [-0.25, -0.2) is 13.2 Å². The van der Waals surface area contributed by atoms with Crippen molar-refractivity contribution in [3.63, 3.8) is 0 Å². The Kier molecular flexibility index (Phi) is 7.70. The third kappa shape index (κ3) is 6.88. The second-order valence-corrected chi connectivity index (χ2v) is 9.53. The summed E-state index contributed by atoms with van der Waals surface area (Å²) >= 11 is 0. The third-order valence-electron chi connectivity index (χ3n) is 4.50. The average molecular weight is 443 g/mol. The minimum atomic E-state index is -3.14. The number of esters is 1. The molecular formula is C20H30N2O7S. The van der Waals surface area contributed by atoms with E-state index in [1.165, 1.54) is 18.2 Å². The predicted molar refractivity (Wildman–Crippen MR) is 113 cm³/mol. The normalized spacial score (nSPS) is 15.2. The van der Waals surface area contributed by atoms with E-state index in [1.54, 1.807) is 39.8 Å². The van der Waals surface area contributed by atoms with Crippen LogP contribution < -0.4 is 9.04 Å². The molecule has 1 unspecified atom stereocenters. The summed E-state index contributed by atoms with van der Waals surface area (Å²) in [6, 6.07) is 3.14. The van der Waals surface area contributed by atoms with Gasteiger partial charge in [0, 0.05) is 0 Å². The fourth-order valence-electron chi connectivity index (χ4n) is 2.70. The summed E-state index contributed by atoms with van der Waals surface area (Å²) in [7, 11) is 0.175. The van der Waals surface area contributed by atoms with E-state index in [-0.39, 0.29) is 23.5 Å². The zero-order chi connectivity index (χ0) is 22.6. The molecule has 0 aliphatic heterocycles. The minimum Gasteiger partial charge on any atom is -0.491 e. The van der Waals surface area contributed by atoms with Crippen molar-refractivity contribution in [2.75, 3.05) is 31.6 Å². The summed E-state index contributed by atoms with van der Waals surface area (Å²) in [5.74, 6) is -1.16. The second kappa shape index (κ2) is 9.65. The van der Waals surface area contributed by atoms with Gasteiger partial charge in [0.25, 0.3) is 0 Å². The summed E-state index contributed by atoms with van der Waals surface area (Å²) in [5, 5.41) is 9.28. The summed E-state index contributed by atoms with van der Waals surface area (Å²) in [6.07, 6.45) is 2.05. The molecule has 9 nitrogen and oxygen atoms in total. The number of carbonyl (C=O) groups excluding carboxylic acids is 1. The van der Waals surface area contributed by atoms with Gasteiger partial charge in [0.1, 0.15) is 17.4 Å². The van der Waals surface area contributed by atoms with E-state index in [0.717, 1.165) is 17.1 Å². The van der Waals surface area contributed by atoms with Gasteiger partial charge in [-0.3, -0.25) is 14.0 Å². The number of thiol groups is 1. The first-order valence-electron chi connectivity index (χ1n) is 9.70. The number of anilines is 1. The largest absolute Gasteiger partial charge is 0.491 e. The number of carbonyl (C=O) groups is 2. The number of benzene rings is 1. The number of ether oxygens (including phenoxy) is 2.